The quantitative estimate of drug-likeness (QED) is 0.805. The molecule has 2 N–H and O–H groups in total. The maximum absolute atomic E-state index is 13.1. The first-order valence-corrected chi connectivity index (χ1v) is 11.3. The van der Waals surface area contributed by atoms with Crippen LogP contribution in [0.25, 0.3) is 0 Å². The molecule has 0 aromatic heterocycles. The minimum Gasteiger partial charge on any atom is -0.385 e. The van der Waals surface area contributed by atoms with Crippen LogP contribution >= 0.6 is 0 Å². The van der Waals surface area contributed by atoms with Gasteiger partial charge in [0.05, 0.1) is 10.5 Å². The Hall–Kier alpha value is -2.22. The van der Waals surface area contributed by atoms with Crippen molar-refractivity contribution in [1.29, 1.82) is 0 Å². The van der Waals surface area contributed by atoms with Gasteiger partial charge in [0.2, 0.25) is 15.9 Å². The number of carbonyl (C=O) groups excluding carboxylic acids is 1. The summed E-state index contributed by atoms with van der Waals surface area (Å²) in [7, 11) is -3.66. The Kier molecular flexibility index (Phi) is 5.01. The minimum absolute atomic E-state index is 0.112. The fourth-order valence-electron chi connectivity index (χ4n) is 4.72. The van der Waals surface area contributed by atoms with Crippen LogP contribution in [0.3, 0.4) is 0 Å². The fraction of sp³-hybridized carbons (Fsp3) is 0.409. The Morgan fingerprint density at radius 3 is 2.38 bits per heavy atom. The number of hydrogen-bond acceptors (Lipinski definition) is 4. The Bertz CT molecular complexity index is 1020. The molecule has 4 rings (SSSR count). The predicted octanol–water partition coefficient (Wildman–Crippen LogP) is 2.87. The third-order valence-corrected chi connectivity index (χ3v) is 8.13. The second kappa shape index (κ2) is 7.23. The fourth-order valence-corrected chi connectivity index (χ4v) is 6.24. The minimum atomic E-state index is -3.66. The van der Waals surface area contributed by atoms with Crippen LogP contribution in [0.4, 0.5) is 5.69 Å². The zero-order valence-corrected chi connectivity index (χ0v) is 17.4. The van der Waals surface area contributed by atoms with E-state index in [1.807, 2.05) is 31.2 Å². The number of anilines is 1. The van der Waals surface area contributed by atoms with Crippen molar-refractivity contribution in [2.24, 2.45) is 11.8 Å². The molecule has 3 atom stereocenters. The first kappa shape index (κ1) is 20.1. The molecule has 29 heavy (non-hydrogen) atoms. The Morgan fingerprint density at radius 2 is 1.76 bits per heavy atom. The van der Waals surface area contributed by atoms with Gasteiger partial charge in [-0.05, 0) is 55.5 Å². The van der Waals surface area contributed by atoms with Crippen LogP contribution in [0, 0.1) is 18.8 Å². The van der Waals surface area contributed by atoms with Crippen molar-refractivity contribution >= 4 is 21.6 Å². The van der Waals surface area contributed by atoms with Gasteiger partial charge in [-0.3, -0.25) is 4.79 Å². The number of aliphatic hydroxyl groups is 1. The molecular formula is C22H26N2O4S. The van der Waals surface area contributed by atoms with Crippen molar-refractivity contribution in [3.63, 3.8) is 0 Å². The zero-order valence-electron chi connectivity index (χ0n) is 16.6. The van der Waals surface area contributed by atoms with Crippen LogP contribution in [0.1, 0.15) is 30.9 Å². The molecule has 2 aromatic carbocycles. The summed E-state index contributed by atoms with van der Waals surface area (Å²) in [6.07, 6.45) is 1.47. The van der Waals surface area contributed by atoms with E-state index in [0.717, 1.165) is 17.5 Å². The molecule has 1 heterocycles. The molecule has 1 saturated carbocycles. The number of carbonyl (C=O) groups is 1. The third-order valence-electron chi connectivity index (χ3n) is 6.28. The number of hydrogen-bond donors (Lipinski definition) is 2. The van der Waals surface area contributed by atoms with Crippen LogP contribution < -0.4 is 5.32 Å². The Balaban J connectivity index is 1.56. The molecular weight excluding hydrogens is 388 g/mol. The van der Waals surface area contributed by atoms with Gasteiger partial charge in [0.1, 0.15) is 0 Å². The largest absolute Gasteiger partial charge is 0.385 e. The number of sulfonamides is 1. The van der Waals surface area contributed by atoms with E-state index in [0.29, 0.717) is 25.2 Å². The van der Waals surface area contributed by atoms with Crippen LogP contribution in [-0.4, -0.2) is 36.8 Å². The second-order valence-electron chi connectivity index (χ2n) is 8.22. The summed E-state index contributed by atoms with van der Waals surface area (Å²) in [6.45, 7) is 4.15. The maximum atomic E-state index is 13.1. The predicted molar refractivity (Wildman–Crippen MR) is 111 cm³/mol. The molecule has 1 aliphatic carbocycles. The van der Waals surface area contributed by atoms with Gasteiger partial charge in [-0.15, -0.1) is 0 Å². The second-order valence-corrected chi connectivity index (χ2v) is 10.2. The van der Waals surface area contributed by atoms with Gasteiger partial charge in [0.15, 0.2) is 0 Å². The van der Waals surface area contributed by atoms with E-state index in [1.54, 1.807) is 12.1 Å². The summed E-state index contributed by atoms with van der Waals surface area (Å²) in [5.74, 6) is -0.170. The molecule has 1 saturated heterocycles. The number of aryl methyl sites for hydroxylation is 1. The highest BCUT2D eigenvalue weighted by molar-refractivity contribution is 7.89. The zero-order chi connectivity index (χ0) is 20.8. The molecule has 0 spiro atoms. The monoisotopic (exact) mass is 414 g/mol. The highest BCUT2D eigenvalue weighted by Crippen LogP contribution is 2.51. The molecule has 6 nitrogen and oxygen atoms in total. The average molecular weight is 415 g/mol. The number of amides is 1. The first-order valence-electron chi connectivity index (χ1n) is 9.87. The summed E-state index contributed by atoms with van der Waals surface area (Å²) in [4.78, 5) is 11.4. The van der Waals surface area contributed by atoms with E-state index in [9.17, 15) is 18.3 Å². The summed E-state index contributed by atoms with van der Waals surface area (Å²) in [6, 6.07) is 14.1. The van der Waals surface area contributed by atoms with Gasteiger partial charge >= 0.3 is 0 Å². The number of benzene rings is 2. The van der Waals surface area contributed by atoms with Crippen LogP contribution in [0.15, 0.2) is 53.4 Å². The van der Waals surface area contributed by atoms with Gasteiger partial charge in [-0.2, -0.15) is 4.31 Å². The van der Waals surface area contributed by atoms with Gasteiger partial charge in [-0.25, -0.2) is 8.42 Å². The summed E-state index contributed by atoms with van der Waals surface area (Å²) >= 11 is 0. The molecule has 2 fully saturated rings. The van der Waals surface area contributed by atoms with Crippen LogP contribution in [0.5, 0.6) is 0 Å². The number of fused-ring (bicyclic) bond motifs is 1. The smallest absolute Gasteiger partial charge is 0.243 e. The molecule has 0 unspecified atom stereocenters. The van der Waals surface area contributed by atoms with Gasteiger partial charge < -0.3 is 10.4 Å². The van der Waals surface area contributed by atoms with E-state index in [1.165, 1.54) is 23.4 Å². The SMILES string of the molecule is CC(=O)Nc1ccc(S(=O)(=O)N2C[C@H]3CC[C@](O)(c4ccc(C)cc4)[C@H]3C2)cc1. The van der Waals surface area contributed by atoms with E-state index >= 15 is 0 Å². The van der Waals surface area contributed by atoms with E-state index < -0.39 is 15.6 Å². The van der Waals surface area contributed by atoms with Crippen molar-refractivity contribution in [2.45, 2.75) is 37.2 Å². The van der Waals surface area contributed by atoms with E-state index in [2.05, 4.69) is 5.32 Å². The van der Waals surface area contributed by atoms with E-state index in [4.69, 9.17) is 0 Å². The highest BCUT2D eigenvalue weighted by Gasteiger charge is 2.54. The third kappa shape index (κ3) is 3.58. The molecule has 2 aromatic rings. The number of nitrogens with one attached hydrogen (secondary N) is 1. The molecule has 0 bridgehead atoms. The van der Waals surface area contributed by atoms with Crippen molar-refractivity contribution in [2.75, 3.05) is 18.4 Å². The number of nitrogens with zero attached hydrogens (tertiary/aromatic N) is 1. The molecule has 0 radical (unpaired) electrons. The van der Waals surface area contributed by atoms with Gasteiger partial charge in [0, 0.05) is 31.6 Å². The van der Waals surface area contributed by atoms with Crippen LogP contribution in [0.2, 0.25) is 0 Å². The summed E-state index contributed by atoms with van der Waals surface area (Å²) in [5, 5.41) is 14.1. The summed E-state index contributed by atoms with van der Waals surface area (Å²) in [5.41, 5.74) is 1.57. The van der Waals surface area contributed by atoms with Crippen molar-refractivity contribution in [3.05, 3.63) is 59.7 Å². The Morgan fingerprint density at radius 1 is 1.10 bits per heavy atom. The highest BCUT2D eigenvalue weighted by atomic mass is 32.2. The molecule has 2 aliphatic rings. The number of rotatable bonds is 4. The lowest BCUT2D eigenvalue weighted by atomic mass is 9.82. The standard InChI is InChI=1S/C22H26N2O4S/c1-15-3-5-18(6-4-15)22(26)12-11-17-13-24(14-21(17)22)29(27,28)20-9-7-19(8-10-20)23-16(2)25/h3-10,17,21,26H,11-14H2,1-2H3,(H,23,25)/t17-,21+,22+/m1/s1. The molecule has 1 amide bonds. The summed E-state index contributed by atoms with van der Waals surface area (Å²) < 4.78 is 27.8. The van der Waals surface area contributed by atoms with Gasteiger partial charge in [-0.1, -0.05) is 29.8 Å². The molecule has 7 heteroatoms. The maximum Gasteiger partial charge on any atom is 0.243 e. The lowest BCUT2D eigenvalue weighted by molar-refractivity contribution is -0.114. The topological polar surface area (TPSA) is 86.7 Å². The molecule has 1 aliphatic heterocycles. The lowest BCUT2D eigenvalue weighted by Crippen LogP contribution is -2.36. The van der Waals surface area contributed by atoms with Crippen LogP contribution in [-0.2, 0) is 20.4 Å². The van der Waals surface area contributed by atoms with Gasteiger partial charge in [0.25, 0.3) is 0 Å². The van der Waals surface area contributed by atoms with Crippen molar-refractivity contribution < 1.29 is 18.3 Å². The Labute approximate surface area is 171 Å². The lowest BCUT2D eigenvalue weighted by Gasteiger charge is -2.30. The first-order chi connectivity index (χ1) is 13.7. The average Bonchev–Trinajstić information content (AvgIpc) is 3.24. The molecule has 154 valence electrons. The van der Waals surface area contributed by atoms with Crippen molar-refractivity contribution in [3.8, 4) is 0 Å². The van der Waals surface area contributed by atoms with Crippen molar-refractivity contribution in [1.82, 2.24) is 4.31 Å². The van der Waals surface area contributed by atoms with E-state index in [-0.39, 0.29) is 22.6 Å². The normalized spacial score (nSPS) is 27.0.